The zero-order valence-electron chi connectivity index (χ0n) is 11.8. The smallest absolute Gasteiger partial charge is 0.330 e. The Labute approximate surface area is 117 Å². The number of imidazole rings is 1. The molecule has 1 aromatic heterocycles. The number of aryl methyl sites for hydroxylation is 1. The molecule has 1 aliphatic heterocycles. The van der Waals surface area contributed by atoms with Gasteiger partial charge in [0.2, 0.25) is 11.8 Å². The van der Waals surface area contributed by atoms with Gasteiger partial charge >= 0.3 is 6.03 Å². The van der Waals surface area contributed by atoms with Gasteiger partial charge in [-0.15, -0.1) is 0 Å². The summed E-state index contributed by atoms with van der Waals surface area (Å²) in [6.07, 6.45) is 3.92. The molecular weight excluding hydrogens is 260 g/mol. The van der Waals surface area contributed by atoms with Crippen LogP contribution in [0.15, 0.2) is 12.4 Å². The number of carbonyl (C=O) groups is 3. The van der Waals surface area contributed by atoms with Gasteiger partial charge < -0.3 is 4.57 Å². The number of urea groups is 1. The Morgan fingerprint density at radius 3 is 2.60 bits per heavy atom. The SMILES string of the molecule is CC(C)C1C(=O)NC(=O)N(CCc2nccn2C)C1=O. The van der Waals surface area contributed by atoms with E-state index in [-0.39, 0.29) is 12.5 Å². The van der Waals surface area contributed by atoms with Crippen molar-refractivity contribution in [3.63, 3.8) is 0 Å². The summed E-state index contributed by atoms with van der Waals surface area (Å²) in [5.41, 5.74) is 0. The summed E-state index contributed by atoms with van der Waals surface area (Å²) < 4.78 is 1.83. The van der Waals surface area contributed by atoms with Crippen molar-refractivity contribution in [2.24, 2.45) is 18.9 Å². The molecule has 1 fully saturated rings. The van der Waals surface area contributed by atoms with Crippen LogP contribution in [0.5, 0.6) is 0 Å². The maximum Gasteiger partial charge on any atom is 0.330 e. The molecule has 0 radical (unpaired) electrons. The number of hydrogen-bond acceptors (Lipinski definition) is 4. The molecule has 108 valence electrons. The topological polar surface area (TPSA) is 84.3 Å². The molecule has 7 nitrogen and oxygen atoms in total. The molecule has 7 heteroatoms. The number of nitrogens with one attached hydrogen (secondary N) is 1. The first kappa shape index (κ1) is 14.2. The molecule has 1 N–H and O–H groups in total. The van der Waals surface area contributed by atoms with E-state index in [2.05, 4.69) is 10.3 Å². The van der Waals surface area contributed by atoms with E-state index in [4.69, 9.17) is 0 Å². The molecule has 2 heterocycles. The summed E-state index contributed by atoms with van der Waals surface area (Å²) in [6.45, 7) is 3.79. The number of rotatable bonds is 4. The standard InChI is InChI=1S/C13H18N4O3/c1-8(2)10-11(18)15-13(20)17(12(10)19)6-4-9-14-5-7-16(9)3/h5,7-8,10H,4,6H2,1-3H3,(H,15,18,20). The summed E-state index contributed by atoms with van der Waals surface area (Å²) in [5, 5.41) is 2.24. The minimum Gasteiger partial charge on any atom is -0.338 e. The van der Waals surface area contributed by atoms with Crippen LogP contribution in [0.25, 0.3) is 0 Å². The van der Waals surface area contributed by atoms with Gasteiger partial charge in [-0.05, 0) is 5.92 Å². The normalized spacial score (nSPS) is 19.7. The molecular formula is C13H18N4O3. The number of nitrogens with zero attached hydrogens (tertiary/aromatic N) is 3. The van der Waals surface area contributed by atoms with Crippen molar-refractivity contribution in [2.75, 3.05) is 6.54 Å². The van der Waals surface area contributed by atoms with Crippen molar-refractivity contribution < 1.29 is 14.4 Å². The average Bonchev–Trinajstić information content (AvgIpc) is 2.73. The number of amides is 4. The van der Waals surface area contributed by atoms with Crippen LogP contribution < -0.4 is 5.32 Å². The lowest BCUT2D eigenvalue weighted by molar-refractivity contribution is -0.144. The van der Waals surface area contributed by atoms with Crippen molar-refractivity contribution in [1.29, 1.82) is 0 Å². The minimum atomic E-state index is -0.797. The van der Waals surface area contributed by atoms with E-state index in [0.29, 0.717) is 6.42 Å². The molecule has 4 amide bonds. The van der Waals surface area contributed by atoms with Gasteiger partial charge in [-0.3, -0.25) is 19.8 Å². The second-order valence-corrected chi connectivity index (χ2v) is 5.21. The third-order valence-corrected chi connectivity index (χ3v) is 3.44. The Bertz CT molecular complexity index is 550. The van der Waals surface area contributed by atoms with E-state index in [1.165, 1.54) is 0 Å². The molecule has 1 aliphatic rings. The van der Waals surface area contributed by atoms with E-state index in [1.54, 1.807) is 26.2 Å². The van der Waals surface area contributed by atoms with E-state index in [9.17, 15) is 14.4 Å². The first-order chi connectivity index (χ1) is 9.41. The quantitative estimate of drug-likeness (QED) is 0.803. The van der Waals surface area contributed by atoms with Crippen LogP contribution in [0, 0.1) is 11.8 Å². The fourth-order valence-corrected chi connectivity index (χ4v) is 2.28. The number of aromatic nitrogens is 2. The third-order valence-electron chi connectivity index (χ3n) is 3.44. The molecule has 0 bridgehead atoms. The van der Waals surface area contributed by atoms with Crippen molar-refractivity contribution in [3.05, 3.63) is 18.2 Å². The number of imide groups is 2. The first-order valence-electron chi connectivity index (χ1n) is 6.54. The van der Waals surface area contributed by atoms with Crippen LogP contribution in [0.2, 0.25) is 0 Å². The summed E-state index contributed by atoms with van der Waals surface area (Å²) in [7, 11) is 1.85. The highest BCUT2D eigenvalue weighted by Gasteiger charge is 2.41. The Morgan fingerprint density at radius 1 is 1.35 bits per heavy atom. The van der Waals surface area contributed by atoms with Crippen LogP contribution in [0.4, 0.5) is 4.79 Å². The predicted molar refractivity (Wildman–Crippen MR) is 70.5 cm³/mol. The van der Waals surface area contributed by atoms with Gasteiger partial charge in [0.25, 0.3) is 0 Å². The van der Waals surface area contributed by atoms with Crippen LogP contribution in [0.3, 0.4) is 0 Å². The molecule has 2 rings (SSSR count). The van der Waals surface area contributed by atoms with Gasteiger partial charge in [0.15, 0.2) is 0 Å². The fourth-order valence-electron chi connectivity index (χ4n) is 2.28. The van der Waals surface area contributed by atoms with Crippen molar-refractivity contribution in [2.45, 2.75) is 20.3 Å². The third kappa shape index (κ3) is 2.56. The van der Waals surface area contributed by atoms with Gasteiger partial charge in [-0.2, -0.15) is 0 Å². The lowest BCUT2D eigenvalue weighted by Crippen LogP contribution is -2.59. The molecule has 0 saturated carbocycles. The number of barbiturate groups is 1. The summed E-state index contributed by atoms with van der Waals surface area (Å²) >= 11 is 0. The second kappa shape index (κ2) is 5.44. The zero-order chi connectivity index (χ0) is 14.9. The lowest BCUT2D eigenvalue weighted by Gasteiger charge is -2.31. The summed E-state index contributed by atoms with van der Waals surface area (Å²) in [6, 6.07) is -0.647. The Kier molecular flexibility index (Phi) is 3.87. The second-order valence-electron chi connectivity index (χ2n) is 5.21. The molecule has 1 aromatic rings. The molecule has 1 unspecified atom stereocenters. The monoisotopic (exact) mass is 278 g/mol. The lowest BCUT2D eigenvalue weighted by atomic mass is 9.92. The van der Waals surface area contributed by atoms with Crippen LogP contribution in [-0.2, 0) is 23.1 Å². The van der Waals surface area contributed by atoms with Crippen molar-refractivity contribution in [3.8, 4) is 0 Å². The minimum absolute atomic E-state index is 0.147. The summed E-state index contributed by atoms with van der Waals surface area (Å²) in [4.78, 5) is 41.0. The van der Waals surface area contributed by atoms with Gasteiger partial charge in [-0.1, -0.05) is 13.8 Å². The number of hydrogen-bond donors (Lipinski definition) is 1. The largest absolute Gasteiger partial charge is 0.338 e. The van der Waals surface area contributed by atoms with Gasteiger partial charge in [0.05, 0.1) is 0 Å². The van der Waals surface area contributed by atoms with E-state index >= 15 is 0 Å². The van der Waals surface area contributed by atoms with Gasteiger partial charge in [0, 0.05) is 32.4 Å². The Hall–Kier alpha value is -2.18. The van der Waals surface area contributed by atoms with E-state index in [0.717, 1.165) is 10.7 Å². The molecule has 0 aliphatic carbocycles. The van der Waals surface area contributed by atoms with Crippen molar-refractivity contribution >= 4 is 17.8 Å². The predicted octanol–water partition coefficient (Wildman–Crippen LogP) is 0.313. The summed E-state index contributed by atoms with van der Waals surface area (Å²) in [5.74, 6) is -1.10. The van der Waals surface area contributed by atoms with Crippen LogP contribution in [-0.4, -0.2) is 38.8 Å². The van der Waals surface area contributed by atoms with E-state index in [1.807, 2.05) is 11.6 Å². The molecule has 20 heavy (non-hydrogen) atoms. The maximum absolute atomic E-state index is 12.2. The average molecular weight is 278 g/mol. The van der Waals surface area contributed by atoms with Gasteiger partial charge in [-0.25, -0.2) is 9.78 Å². The highest BCUT2D eigenvalue weighted by Crippen LogP contribution is 2.19. The van der Waals surface area contributed by atoms with Crippen LogP contribution in [0.1, 0.15) is 19.7 Å². The molecule has 1 atom stereocenters. The highest BCUT2D eigenvalue weighted by molar-refractivity contribution is 6.16. The van der Waals surface area contributed by atoms with Crippen LogP contribution >= 0.6 is 0 Å². The first-order valence-corrected chi connectivity index (χ1v) is 6.54. The van der Waals surface area contributed by atoms with E-state index < -0.39 is 23.8 Å². The Morgan fingerprint density at radius 2 is 2.05 bits per heavy atom. The molecule has 1 saturated heterocycles. The van der Waals surface area contributed by atoms with Gasteiger partial charge in [0.1, 0.15) is 11.7 Å². The maximum atomic E-state index is 12.2. The molecule has 0 spiro atoms. The van der Waals surface area contributed by atoms with Crippen molar-refractivity contribution in [1.82, 2.24) is 19.8 Å². The highest BCUT2D eigenvalue weighted by atomic mass is 16.2. The molecule has 0 aromatic carbocycles. The zero-order valence-corrected chi connectivity index (χ0v) is 11.8. The fraction of sp³-hybridized carbons (Fsp3) is 0.538. The number of carbonyl (C=O) groups excluding carboxylic acids is 3. The Balaban J connectivity index is 2.10.